The van der Waals surface area contributed by atoms with Crippen LogP contribution in [0.3, 0.4) is 0 Å². The van der Waals surface area contributed by atoms with Crippen LogP contribution in [0.4, 0.5) is 5.13 Å². The number of piperazine rings is 1. The quantitative estimate of drug-likeness (QED) is 0.782. The third-order valence-corrected chi connectivity index (χ3v) is 7.28. The fourth-order valence-corrected chi connectivity index (χ4v) is 6.09. The Morgan fingerprint density at radius 3 is 2.72 bits per heavy atom. The van der Waals surface area contributed by atoms with Crippen molar-refractivity contribution in [1.29, 1.82) is 0 Å². The Labute approximate surface area is 152 Å². The highest BCUT2D eigenvalue weighted by atomic mass is 32.2. The van der Waals surface area contributed by atoms with Crippen LogP contribution < -0.4 is 5.32 Å². The molecule has 7 nitrogen and oxygen atoms in total. The number of thiazole rings is 1. The number of fused-ring (bicyclic) bond motifs is 1. The van der Waals surface area contributed by atoms with E-state index in [0.29, 0.717) is 23.9 Å². The number of allylic oxidation sites excluding steroid dienone is 1. The summed E-state index contributed by atoms with van der Waals surface area (Å²) in [5, 5.41) is 5.33. The summed E-state index contributed by atoms with van der Waals surface area (Å²) in [5.74, 6) is -0.0130. The van der Waals surface area contributed by atoms with Crippen LogP contribution in [0.5, 0.6) is 0 Å². The summed E-state index contributed by atoms with van der Waals surface area (Å²) in [5.41, 5.74) is 1.59. The van der Waals surface area contributed by atoms with Gasteiger partial charge in [-0.25, -0.2) is 13.4 Å². The molecule has 3 rings (SSSR count). The molecule has 2 aliphatic heterocycles. The first kappa shape index (κ1) is 18.3. The molecule has 2 aliphatic rings. The molecule has 1 aromatic rings. The minimum Gasteiger partial charge on any atom is -0.365 e. The Bertz CT molecular complexity index is 783. The zero-order valence-corrected chi connectivity index (χ0v) is 16.4. The average Bonchev–Trinajstić information content (AvgIpc) is 3.14. The number of amides is 1. The molecule has 0 aliphatic carbocycles. The average molecular weight is 385 g/mol. The van der Waals surface area contributed by atoms with Crippen molar-refractivity contribution in [3.8, 4) is 0 Å². The van der Waals surface area contributed by atoms with Crippen LogP contribution in [0.15, 0.2) is 17.0 Å². The van der Waals surface area contributed by atoms with E-state index in [1.54, 1.807) is 17.3 Å². The van der Waals surface area contributed by atoms with E-state index in [1.807, 2.05) is 13.8 Å². The topological polar surface area (TPSA) is 82.6 Å². The number of nitrogens with one attached hydrogen (secondary N) is 1. The molecule has 2 saturated heterocycles. The molecule has 9 heteroatoms. The lowest BCUT2D eigenvalue weighted by molar-refractivity contribution is 0.0364. The van der Waals surface area contributed by atoms with Gasteiger partial charge >= 0.3 is 0 Å². The van der Waals surface area contributed by atoms with E-state index in [0.717, 1.165) is 6.54 Å². The van der Waals surface area contributed by atoms with Gasteiger partial charge in [-0.1, -0.05) is 11.6 Å². The van der Waals surface area contributed by atoms with Crippen molar-refractivity contribution >= 4 is 32.2 Å². The number of carbonyl (C=O) groups is 1. The summed E-state index contributed by atoms with van der Waals surface area (Å²) in [7, 11) is -1.38. The Kier molecular flexibility index (Phi) is 5.17. The van der Waals surface area contributed by atoms with Gasteiger partial charge in [0.2, 0.25) is 0 Å². The predicted octanol–water partition coefficient (Wildman–Crippen LogP) is 1.07. The van der Waals surface area contributed by atoms with Crippen LogP contribution in [-0.2, 0) is 9.84 Å². The molecule has 2 fully saturated rings. The van der Waals surface area contributed by atoms with Gasteiger partial charge in [0.15, 0.2) is 15.0 Å². The van der Waals surface area contributed by atoms with Crippen molar-refractivity contribution in [1.82, 2.24) is 14.8 Å². The third kappa shape index (κ3) is 3.88. The fourth-order valence-electron chi connectivity index (χ4n) is 3.44. The minimum atomic E-state index is -3.13. The maximum absolute atomic E-state index is 12.9. The second-order valence-corrected chi connectivity index (χ2v) is 9.79. The molecule has 0 saturated carbocycles. The molecule has 0 spiro atoms. The van der Waals surface area contributed by atoms with Crippen LogP contribution >= 0.6 is 11.3 Å². The van der Waals surface area contributed by atoms with Crippen LogP contribution in [0.25, 0.3) is 0 Å². The van der Waals surface area contributed by atoms with E-state index in [4.69, 9.17) is 0 Å². The number of hydrogen-bond acceptors (Lipinski definition) is 7. The van der Waals surface area contributed by atoms with Crippen molar-refractivity contribution in [2.45, 2.75) is 25.9 Å². The molecule has 0 radical (unpaired) electrons. The van der Waals surface area contributed by atoms with Crippen LogP contribution in [-0.4, -0.2) is 79.4 Å². The number of rotatable bonds is 4. The number of anilines is 1. The van der Waals surface area contributed by atoms with Crippen molar-refractivity contribution in [3.05, 3.63) is 22.7 Å². The summed E-state index contributed by atoms with van der Waals surface area (Å²) in [4.78, 5) is 21.0. The molecule has 1 N–H and O–H groups in total. The highest BCUT2D eigenvalue weighted by molar-refractivity contribution is 7.91. The lowest BCUT2D eigenvalue weighted by atomic mass is 10.0. The minimum absolute atomic E-state index is 0.0394. The van der Waals surface area contributed by atoms with E-state index >= 15 is 0 Å². The molecule has 1 aromatic heterocycles. The van der Waals surface area contributed by atoms with Gasteiger partial charge in [0.1, 0.15) is 5.69 Å². The smallest absolute Gasteiger partial charge is 0.273 e. The number of aromatic nitrogens is 1. The summed E-state index contributed by atoms with van der Waals surface area (Å²) < 4.78 is 24.5. The lowest BCUT2D eigenvalue weighted by Crippen LogP contribution is -2.60. The number of sulfone groups is 1. The van der Waals surface area contributed by atoms with E-state index in [2.05, 4.69) is 21.3 Å². The molecule has 138 valence electrons. The molecule has 25 heavy (non-hydrogen) atoms. The molecule has 3 heterocycles. The molecule has 2 atom stereocenters. The monoisotopic (exact) mass is 384 g/mol. The second-order valence-electron chi connectivity index (χ2n) is 6.77. The van der Waals surface area contributed by atoms with E-state index in [9.17, 15) is 13.2 Å². The number of hydrogen-bond donors (Lipinski definition) is 1. The highest BCUT2D eigenvalue weighted by Crippen LogP contribution is 2.29. The molecule has 1 amide bonds. The fraction of sp³-hybridized carbons (Fsp3) is 0.625. The van der Waals surface area contributed by atoms with Gasteiger partial charge in [-0.3, -0.25) is 9.69 Å². The second kappa shape index (κ2) is 7.05. The Morgan fingerprint density at radius 2 is 2.08 bits per heavy atom. The normalized spacial score (nSPS) is 25.5. The summed E-state index contributed by atoms with van der Waals surface area (Å²) >= 11 is 1.37. The third-order valence-electron chi connectivity index (χ3n) is 4.72. The van der Waals surface area contributed by atoms with E-state index < -0.39 is 9.84 Å². The largest absolute Gasteiger partial charge is 0.365 e. The SMILES string of the molecule is CNc1nc(C(=O)N2CCN(CC=C(C)C)[C@H]3CS(=O)(=O)C[C@H]32)cs1. The summed E-state index contributed by atoms with van der Waals surface area (Å²) in [6.07, 6.45) is 2.11. The molecular formula is C16H24N4O3S2. The van der Waals surface area contributed by atoms with Crippen molar-refractivity contribution in [3.63, 3.8) is 0 Å². The molecule has 0 bridgehead atoms. The van der Waals surface area contributed by atoms with Gasteiger partial charge in [-0.15, -0.1) is 11.3 Å². The first-order valence-electron chi connectivity index (χ1n) is 8.33. The van der Waals surface area contributed by atoms with Crippen LogP contribution in [0, 0.1) is 0 Å². The number of carbonyl (C=O) groups excluding carboxylic acids is 1. The zero-order valence-electron chi connectivity index (χ0n) is 14.7. The van der Waals surface area contributed by atoms with Gasteiger partial charge < -0.3 is 10.2 Å². The van der Waals surface area contributed by atoms with E-state index in [1.165, 1.54) is 16.9 Å². The molecular weight excluding hydrogens is 360 g/mol. The Balaban J connectivity index is 1.83. The molecule has 0 unspecified atom stereocenters. The Morgan fingerprint density at radius 1 is 1.36 bits per heavy atom. The van der Waals surface area contributed by atoms with Gasteiger partial charge in [-0.05, 0) is 13.8 Å². The van der Waals surface area contributed by atoms with Gasteiger partial charge in [0.05, 0.1) is 17.5 Å². The summed E-state index contributed by atoms with van der Waals surface area (Å²) in [6, 6.07) is -0.433. The summed E-state index contributed by atoms with van der Waals surface area (Å²) in [6.45, 7) is 5.99. The maximum atomic E-state index is 12.9. The molecule has 0 aromatic carbocycles. The first-order chi connectivity index (χ1) is 11.8. The highest BCUT2D eigenvalue weighted by Gasteiger charge is 2.48. The maximum Gasteiger partial charge on any atom is 0.273 e. The van der Waals surface area contributed by atoms with Crippen molar-refractivity contribution in [2.75, 3.05) is 43.5 Å². The van der Waals surface area contributed by atoms with Gasteiger partial charge in [0.25, 0.3) is 5.91 Å². The number of nitrogens with zero attached hydrogens (tertiary/aromatic N) is 3. The predicted molar refractivity (Wildman–Crippen MR) is 99.9 cm³/mol. The first-order valence-corrected chi connectivity index (χ1v) is 11.0. The van der Waals surface area contributed by atoms with Crippen molar-refractivity contribution in [2.24, 2.45) is 0 Å². The van der Waals surface area contributed by atoms with Crippen molar-refractivity contribution < 1.29 is 13.2 Å². The van der Waals surface area contributed by atoms with Gasteiger partial charge in [-0.2, -0.15) is 0 Å². The lowest BCUT2D eigenvalue weighted by Gasteiger charge is -2.43. The van der Waals surface area contributed by atoms with Crippen LogP contribution in [0.1, 0.15) is 24.3 Å². The van der Waals surface area contributed by atoms with Crippen LogP contribution in [0.2, 0.25) is 0 Å². The standard InChI is InChI=1S/C16H24N4O3S2/c1-11(2)4-5-19-6-7-20(14-10-25(22,23)9-13(14)19)15(21)12-8-24-16(17-3)18-12/h4,8,13-14H,5-7,9-10H2,1-3H3,(H,17,18)/t13-,14+/m0/s1. The zero-order chi connectivity index (χ0) is 18.2. The van der Waals surface area contributed by atoms with E-state index in [-0.39, 0.29) is 29.5 Å². The van der Waals surface area contributed by atoms with Gasteiger partial charge in [0, 0.05) is 38.1 Å². The Hall–Kier alpha value is -1.45.